The average Bonchev–Trinajstić information content (AvgIpc) is 2.19. The molecule has 1 aromatic heterocycles. The summed E-state index contributed by atoms with van der Waals surface area (Å²) in [6.07, 6.45) is 1.65. The van der Waals surface area contributed by atoms with Crippen molar-refractivity contribution in [2.45, 2.75) is 6.54 Å². The zero-order valence-electron chi connectivity index (χ0n) is 4.55. The van der Waals surface area contributed by atoms with Gasteiger partial charge in [-0.2, -0.15) is 0 Å². The van der Waals surface area contributed by atoms with Gasteiger partial charge in [-0.3, -0.25) is 0 Å². The van der Waals surface area contributed by atoms with Crippen molar-refractivity contribution < 1.29 is 4.42 Å². The van der Waals surface area contributed by atoms with Gasteiger partial charge in [0.15, 0.2) is 0 Å². The summed E-state index contributed by atoms with van der Waals surface area (Å²) in [4.78, 5) is 0. The van der Waals surface area contributed by atoms with E-state index in [9.17, 15) is 0 Å². The first kappa shape index (κ1) is 5.38. The van der Waals surface area contributed by atoms with Crippen LogP contribution in [0.25, 0.3) is 0 Å². The lowest BCUT2D eigenvalue weighted by atomic mass is 10.4. The molecule has 1 aromatic rings. The van der Waals surface area contributed by atoms with Crippen LogP contribution in [0.2, 0.25) is 0 Å². The van der Waals surface area contributed by atoms with Crippen molar-refractivity contribution in [3.8, 4) is 0 Å². The number of rotatable bonds is 2. The van der Waals surface area contributed by atoms with Crippen LogP contribution in [-0.4, -0.2) is 0 Å². The largest absolute Gasteiger partial charge is 0.468 e. The molecule has 1 N–H and O–H groups in total. The third-order valence-electron chi connectivity index (χ3n) is 0.879. The predicted octanol–water partition coefficient (Wildman–Crippen LogP) is 1.16. The molecule has 0 spiro atoms. The van der Waals surface area contributed by atoms with E-state index in [1.807, 2.05) is 12.1 Å². The Hall–Kier alpha value is -0.760. The summed E-state index contributed by atoms with van der Waals surface area (Å²) in [7, 11) is 3.45. The normalized spacial score (nSPS) is 9.62. The molecule has 0 saturated heterocycles. The molecule has 0 aliphatic rings. The second kappa shape index (κ2) is 2.52. The predicted molar refractivity (Wildman–Crippen MR) is 30.9 cm³/mol. The summed E-state index contributed by atoms with van der Waals surface area (Å²) in [6.45, 7) is 0.701. The van der Waals surface area contributed by atoms with Crippen LogP contribution in [-0.2, 0) is 6.54 Å². The van der Waals surface area contributed by atoms with E-state index in [1.54, 1.807) is 6.26 Å². The van der Waals surface area contributed by atoms with E-state index in [-0.39, 0.29) is 0 Å². The van der Waals surface area contributed by atoms with Crippen molar-refractivity contribution in [1.29, 1.82) is 0 Å². The highest BCUT2D eigenvalue weighted by Gasteiger charge is 1.88. The van der Waals surface area contributed by atoms with Gasteiger partial charge in [-0.15, -0.1) is 0 Å². The number of hydrogen-bond donors (Lipinski definition) is 1. The van der Waals surface area contributed by atoms with E-state index in [2.05, 4.69) is 12.4 Å². The van der Waals surface area contributed by atoms with E-state index in [4.69, 9.17) is 4.42 Å². The summed E-state index contributed by atoms with van der Waals surface area (Å²) in [6, 6.07) is 3.75. The molecule has 0 aliphatic carbocycles. The SMILES string of the molecule is [CH2]NCc1ccco1. The Bertz CT molecular complexity index is 134. The van der Waals surface area contributed by atoms with Crippen LogP contribution >= 0.6 is 0 Å². The van der Waals surface area contributed by atoms with Crippen LogP contribution in [0.5, 0.6) is 0 Å². The average molecular weight is 110 g/mol. The molecule has 0 saturated carbocycles. The third kappa shape index (κ3) is 1.10. The fourth-order valence-corrected chi connectivity index (χ4v) is 0.536. The Labute approximate surface area is 48.5 Å². The maximum Gasteiger partial charge on any atom is 0.117 e. The van der Waals surface area contributed by atoms with Crippen molar-refractivity contribution in [2.24, 2.45) is 0 Å². The highest BCUT2D eigenvalue weighted by Crippen LogP contribution is 1.97. The zero-order chi connectivity index (χ0) is 5.82. The molecule has 0 aromatic carbocycles. The maximum absolute atomic E-state index is 4.97. The standard InChI is InChI=1S/C6H8NO/c1-7-5-6-3-2-4-8-6/h2-4,7H,1,5H2. The van der Waals surface area contributed by atoms with Gasteiger partial charge >= 0.3 is 0 Å². The second-order valence-corrected chi connectivity index (χ2v) is 1.51. The Balaban J connectivity index is 2.50. The molecule has 0 bridgehead atoms. The zero-order valence-corrected chi connectivity index (χ0v) is 4.55. The summed E-state index contributed by atoms with van der Waals surface area (Å²) < 4.78 is 4.97. The lowest BCUT2D eigenvalue weighted by Gasteiger charge is -1.88. The molecule has 2 heteroatoms. The van der Waals surface area contributed by atoms with Crippen molar-refractivity contribution in [2.75, 3.05) is 0 Å². The Morgan fingerprint density at radius 1 is 1.75 bits per heavy atom. The lowest BCUT2D eigenvalue weighted by Crippen LogP contribution is -1.99. The molecule has 1 heterocycles. The van der Waals surface area contributed by atoms with E-state index in [0.717, 1.165) is 5.76 Å². The Morgan fingerprint density at radius 3 is 3.12 bits per heavy atom. The fourth-order valence-electron chi connectivity index (χ4n) is 0.536. The molecule has 2 nitrogen and oxygen atoms in total. The third-order valence-corrected chi connectivity index (χ3v) is 0.879. The maximum atomic E-state index is 4.97. The number of furan rings is 1. The monoisotopic (exact) mass is 110 g/mol. The first-order chi connectivity index (χ1) is 3.93. The first-order valence-electron chi connectivity index (χ1n) is 2.46. The molecule has 0 aliphatic heterocycles. The summed E-state index contributed by atoms with van der Waals surface area (Å²) >= 11 is 0. The number of nitrogens with one attached hydrogen (secondary N) is 1. The lowest BCUT2D eigenvalue weighted by molar-refractivity contribution is 0.499. The first-order valence-corrected chi connectivity index (χ1v) is 2.46. The van der Waals surface area contributed by atoms with Gasteiger partial charge in [0, 0.05) is 7.05 Å². The van der Waals surface area contributed by atoms with E-state index >= 15 is 0 Å². The molecule has 1 radical (unpaired) electrons. The topological polar surface area (TPSA) is 25.2 Å². The molecule has 43 valence electrons. The van der Waals surface area contributed by atoms with E-state index in [1.165, 1.54) is 0 Å². The van der Waals surface area contributed by atoms with Crippen LogP contribution < -0.4 is 5.32 Å². The highest BCUT2D eigenvalue weighted by molar-refractivity contribution is 4.97. The van der Waals surface area contributed by atoms with Gasteiger partial charge in [0.1, 0.15) is 5.76 Å². The second-order valence-electron chi connectivity index (χ2n) is 1.51. The quantitative estimate of drug-likeness (QED) is 0.618. The molecule has 8 heavy (non-hydrogen) atoms. The van der Waals surface area contributed by atoms with Crippen LogP contribution in [0.3, 0.4) is 0 Å². The van der Waals surface area contributed by atoms with Crippen LogP contribution in [0.15, 0.2) is 22.8 Å². The summed E-state index contributed by atoms with van der Waals surface area (Å²) in [5.74, 6) is 0.917. The molecular formula is C6H8NO. The minimum absolute atomic E-state index is 0.701. The van der Waals surface area contributed by atoms with Gasteiger partial charge in [-0.1, -0.05) is 0 Å². The number of hydrogen-bond acceptors (Lipinski definition) is 2. The van der Waals surface area contributed by atoms with E-state index < -0.39 is 0 Å². The van der Waals surface area contributed by atoms with Gasteiger partial charge in [0.25, 0.3) is 0 Å². The van der Waals surface area contributed by atoms with Gasteiger partial charge in [-0.05, 0) is 12.1 Å². The van der Waals surface area contributed by atoms with Crippen LogP contribution in [0.1, 0.15) is 5.76 Å². The van der Waals surface area contributed by atoms with Gasteiger partial charge in [0.05, 0.1) is 12.8 Å². The van der Waals surface area contributed by atoms with Crippen molar-refractivity contribution in [3.05, 3.63) is 31.2 Å². The molecular weight excluding hydrogens is 102 g/mol. The van der Waals surface area contributed by atoms with Crippen LogP contribution in [0, 0.1) is 7.05 Å². The van der Waals surface area contributed by atoms with Gasteiger partial charge in [0.2, 0.25) is 0 Å². The van der Waals surface area contributed by atoms with Crippen molar-refractivity contribution in [3.63, 3.8) is 0 Å². The van der Waals surface area contributed by atoms with Crippen molar-refractivity contribution >= 4 is 0 Å². The smallest absolute Gasteiger partial charge is 0.117 e. The minimum atomic E-state index is 0.701. The Kier molecular flexibility index (Phi) is 1.70. The van der Waals surface area contributed by atoms with Gasteiger partial charge < -0.3 is 9.73 Å². The van der Waals surface area contributed by atoms with Crippen molar-refractivity contribution in [1.82, 2.24) is 5.32 Å². The van der Waals surface area contributed by atoms with E-state index in [0.29, 0.717) is 6.54 Å². The van der Waals surface area contributed by atoms with Gasteiger partial charge in [-0.25, -0.2) is 0 Å². The molecule has 0 atom stereocenters. The molecule has 0 amide bonds. The highest BCUT2D eigenvalue weighted by atomic mass is 16.3. The molecule has 1 rings (SSSR count). The van der Waals surface area contributed by atoms with Crippen LogP contribution in [0.4, 0.5) is 0 Å². The molecule has 0 unspecified atom stereocenters. The summed E-state index contributed by atoms with van der Waals surface area (Å²) in [5, 5.41) is 2.73. The molecule has 0 fully saturated rings. The Morgan fingerprint density at radius 2 is 2.62 bits per heavy atom. The summed E-state index contributed by atoms with van der Waals surface area (Å²) in [5.41, 5.74) is 0. The fraction of sp³-hybridized carbons (Fsp3) is 0.167. The minimum Gasteiger partial charge on any atom is -0.468 e.